The van der Waals surface area contributed by atoms with Gasteiger partial charge >= 0.3 is 0 Å². The van der Waals surface area contributed by atoms with Crippen LogP contribution in [0.25, 0.3) is 0 Å². The smallest absolute Gasteiger partial charge is 0.165 e. The van der Waals surface area contributed by atoms with Gasteiger partial charge < -0.3 is 14.8 Å². The van der Waals surface area contributed by atoms with Gasteiger partial charge in [0.1, 0.15) is 0 Å². The maximum atomic E-state index is 6.11. The maximum absolute atomic E-state index is 6.11. The third kappa shape index (κ3) is 6.58. The van der Waals surface area contributed by atoms with E-state index < -0.39 is 0 Å². The highest BCUT2D eigenvalue weighted by atomic mass is 35.5. The van der Waals surface area contributed by atoms with Crippen molar-refractivity contribution in [1.29, 1.82) is 0 Å². The summed E-state index contributed by atoms with van der Waals surface area (Å²) in [5, 5.41) is 3.80. The highest BCUT2D eigenvalue weighted by molar-refractivity contribution is 6.30. The van der Waals surface area contributed by atoms with Crippen LogP contribution in [0.4, 0.5) is 0 Å². The van der Waals surface area contributed by atoms with E-state index in [1.54, 1.807) is 13.2 Å². The molecule has 1 N–H and O–H groups in total. The fourth-order valence-electron chi connectivity index (χ4n) is 2.32. The van der Waals surface area contributed by atoms with Crippen LogP contribution in [0.3, 0.4) is 0 Å². The minimum Gasteiger partial charge on any atom is -0.493 e. The number of ether oxygens (including phenoxy) is 2. The second-order valence-electron chi connectivity index (χ2n) is 5.24. The van der Waals surface area contributed by atoms with E-state index in [1.165, 1.54) is 32.1 Å². The van der Waals surface area contributed by atoms with Crippen molar-refractivity contribution in [2.75, 3.05) is 20.8 Å². The predicted molar refractivity (Wildman–Crippen MR) is 89.6 cm³/mol. The van der Waals surface area contributed by atoms with Gasteiger partial charge in [-0.1, -0.05) is 50.6 Å². The van der Waals surface area contributed by atoms with Gasteiger partial charge in [-0.05, 0) is 19.5 Å². The Morgan fingerprint density at radius 3 is 2.48 bits per heavy atom. The topological polar surface area (TPSA) is 30.5 Å². The molecule has 0 aliphatic rings. The summed E-state index contributed by atoms with van der Waals surface area (Å²) < 4.78 is 11.3. The third-order valence-electron chi connectivity index (χ3n) is 3.43. The third-order valence-corrected chi connectivity index (χ3v) is 3.65. The SMILES string of the molecule is CCCCCCCCOc1c(CNC)cc(Cl)cc1OC. The van der Waals surface area contributed by atoms with Gasteiger partial charge in [0.2, 0.25) is 0 Å². The average Bonchev–Trinajstić information content (AvgIpc) is 2.48. The highest BCUT2D eigenvalue weighted by Crippen LogP contribution is 2.34. The van der Waals surface area contributed by atoms with Crippen LogP contribution < -0.4 is 14.8 Å². The molecule has 0 aromatic heterocycles. The highest BCUT2D eigenvalue weighted by Gasteiger charge is 2.12. The Balaban J connectivity index is 2.52. The molecule has 0 fully saturated rings. The lowest BCUT2D eigenvalue weighted by Gasteiger charge is -2.15. The Bertz CT molecular complexity index is 410. The molecule has 21 heavy (non-hydrogen) atoms. The van der Waals surface area contributed by atoms with Crippen LogP contribution >= 0.6 is 11.6 Å². The van der Waals surface area contributed by atoms with Crippen molar-refractivity contribution in [3.63, 3.8) is 0 Å². The average molecular weight is 314 g/mol. The summed E-state index contributed by atoms with van der Waals surface area (Å²) >= 11 is 6.11. The second kappa shape index (κ2) is 10.7. The standard InChI is InChI=1S/C17H28ClNO2/c1-4-5-6-7-8-9-10-21-17-14(13-19-2)11-15(18)12-16(17)20-3/h11-12,19H,4-10,13H2,1-3H3. The van der Waals surface area contributed by atoms with Gasteiger partial charge in [-0.25, -0.2) is 0 Å². The van der Waals surface area contributed by atoms with Crippen LogP contribution in [0, 0.1) is 0 Å². The van der Waals surface area contributed by atoms with Crippen molar-refractivity contribution in [1.82, 2.24) is 5.32 Å². The lowest BCUT2D eigenvalue weighted by atomic mass is 10.1. The first-order chi connectivity index (χ1) is 10.2. The number of halogens is 1. The number of methoxy groups -OCH3 is 1. The molecule has 1 aromatic carbocycles. The summed E-state index contributed by atoms with van der Waals surface area (Å²) in [4.78, 5) is 0. The quantitative estimate of drug-likeness (QED) is 0.595. The van der Waals surface area contributed by atoms with Crippen molar-refractivity contribution in [3.05, 3.63) is 22.7 Å². The van der Waals surface area contributed by atoms with Gasteiger partial charge in [-0.3, -0.25) is 0 Å². The molecular formula is C17H28ClNO2. The Morgan fingerprint density at radius 1 is 1.10 bits per heavy atom. The molecule has 0 atom stereocenters. The number of rotatable bonds is 11. The van der Waals surface area contributed by atoms with Gasteiger partial charge in [0.05, 0.1) is 13.7 Å². The fourth-order valence-corrected chi connectivity index (χ4v) is 2.55. The lowest BCUT2D eigenvalue weighted by Crippen LogP contribution is -2.09. The molecule has 120 valence electrons. The zero-order valence-corrected chi connectivity index (χ0v) is 14.3. The normalized spacial score (nSPS) is 10.7. The first-order valence-electron chi connectivity index (χ1n) is 7.86. The molecule has 0 bridgehead atoms. The Labute approximate surface area is 134 Å². The zero-order valence-electron chi connectivity index (χ0n) is 13.5. The molecule has 0 unspecified atom stereocenters. The minimum absolute atomic E-state index is 0.670. The molecule has 0 aliphatic carbocycles. The summed E-state index contributed by atoms with van der Waals surface area (Å²) in [6, 6.07) is 3.73. The summed E-state index contributed by atoms with van der Waals surface area (Å²) in [5.41, 5.74) is 1.04. The van der Waals surface area contributed by atoms with Crippen molar-refractivity contribution in [2.24, 2.45) is 0 Å². The van der Waals surface area contributed by atoms with Gasteiger partial charge in [0, 0.05) is 23.2 Å². The monoisotopic (exact) mass is 313 g/mol. The first-order valence-corrected chi connectivity index (χ1v) is 8.24. The van der Waals surface area contributed by atoms with Gasteiger partial charge in [0.25, 0.3) is 0 Å². The van der Waals surface area contributed by atoms with E-state index in [1.807, 2.05) is 13.1 Å². The van der Waals surface area contributed by atoms with E-state index in [0.29, 0.717) is 17.3 Å². The molecule has 0 heterocycles. The van der Waals surface area contributed by atoms with Gasteiger partial charge in [-0.2, -0.15) is 0 Å². The van der Waals surface area contributed by atoms with Crippen LogP contribution in [0.2, 0.25) is 5.02 Å². The van der Waals surface area contributed by atoms with Crippen molar-refractivity contribution in [2.45, 2.75) is 52.0 Å². The van der Waals surface area contributed by atoms with E-state index in [9.17, 15) is 0 Å². The van der Waals surface area contributed by atoms with Gasteiger partial charge in [0.15, 0.2) is 11.5 Å². The molecule has 0 spiro atoms. The summed E-state index contributed by atoms with van der Waals surface area (Å²) in [7, 11) is 3.55. The molecule has 0 saturated carbocycles. The molecule has 0 amide bonds. The molecule has 1 aromatic rings. The Kier molecular flexibility index (Phi) is 9.27. The number of nitrogens with one attached hydrogen (secondary N) is 1. The van der Waals surface area contributed by atoms with E-state index in [2.05, 4.69) is 12.2 Å². The molecule has 0 radical (unpaired) electrons. The number of unbranched alkanes of at least 4 members (excludes halogenated alkanes) is 5. The van der Waals surface area contributed by atoms with E-state index in [0.717, 1.165) is 24.3 Å². The van der Waals surface area contributed by atoms with Crippen LogP contribution in [-0.2, 0) is 6.54 Å². The largest absolute Gasteiger partial charge is 0.493 e. The van der Waals surface area contributed by atoms with Crippen molar-refractivity contribution < 1.29 is 9.47 Å². The van der Waals surface area contributed by atoms with E-state index in [4.69, 9.17) is 21.1 Å². The number of benzene rings is 1. The van der Waals surface area contributed by atoms with E-state index in [-0.39, 0.29) is 0 Å². The van der Waals surface area contributed by atoms with Crippen LogP contribution in [0.15, 0.2) is 12.1 Å². The van der Waals surface area contributed by atoms with Crippen LogP contribution in [0.5, 0.6) is 11.5 Å². The first kappa shape index (κ1) is 18.1. The Hall–Kier alpha value is -0.930. The lowest BCUT2D eigenvalue weighted by molar-refractivity contribution is 0.281. The molecule has 0 aliphatic heterocycles. The van der Waals surface area contributed by atoms with Crippen molar-refractivity contribution in [3.8, 4) is 11.5 Å². The predicted octanol–water partition coefficient (Wildman–Crippen LogP) is 4.81. The molecule has 1 rings (SSSR count). The molecular weight excluding hydrogens is 286 g/mol. The maximum Gasteiger partial charge on any atom is 0.165 e. The zero-order chi connectivity index (χ0) is 15.5. The summed E-state index contributed by atoms with van der Waals surface area (Å²) in [6.45, 7) is 3.67. The summed E-state index contributed by atoms with van der Waals surface area (Å²) in [6.07, 6.45) is 7.53. The fraction of sp³-hybridized carbons (Fsp3) is 0.647. The summed E-state index contributed by atoms with van der Waals surface area (Å²) in [5.74, 6) is 1.52. The minimum atomic E-state index is 0.670. The molecule has 3 nitrogen and oxygen atoms in total. The van der Waals surface area contributed by atoms with Crippen LogP contribution in [-0.4, -0.2) is 20.8 Å². The second-order valence-corrected chi connectivity index (χ2v) is 5.68. The van der Waals surface area contributed by atoms with Crippen LogP contribution in [0.1, 0.15) is 51.0 Å². The van der Waals surface area contributed by atoms with E-state index >= 15 is 0 Å². The van der Waals surface area contributed by atoms with Gasteiger partial charge in [-0.15, -0.1) is 0 Å². The number of hydrogen-bond donors (Lipinski definition) is 1. The molecule has 4 heteroatoms. The Morgan fingerprint density at radius 2 is 1.81 bits per heavy atom. The number of hydrogen-bond acceptors (Lipinski definition) is 3. The molecule has 0 saturated heterocycles. The van der Waals surface area contributed by atoms with Crippen molar-refractivity contribution >= 4 is 11.6 Å².